The van der Waals surface area contributed by atoms with Gasteiger partial charge in [-0.3, -0.25) is 4.79 Å². The number of thiophene rings is 1. The topological polar surface area (TPSA) is 75.7 Å². The Balaban J connectivity index is 1.82. The van der Waals surface area contributed by atoms with E-state index in [0.717, 1.165) is 42.0 Å². The van der Waals surface area contributed by atoms with Gasteiger partial charge in [0.1, 0.15) is 10.8 Å². The fourth-order valence-electron chi connectivity index (χ4n) is 3.44. The summed E-state index contributed by atoms with van der Waals surface area (Å²) in [5, 5.41) is 12.8. The van der Waals surface area contributed by atoms with E-state index in [-0.39, 0.29) is 5.75 Å². The second-order valence-electron chi connectivity index (χ2n) is 6.23. The SMILES string of the molecule is NC(=O)c1c(/N=C/c2c(O)ccc3ccccc23)sc2c1CCCC2. The number of carbonyl (C=O) groups excluding carboxylic acids is 1. The van der Waals surface area contributed by atoms with Crippen LogP contribution in [0.1, 0.15) is 39.2 Å². The van der Waals surface area contributed by atoms with Crippen molar-refractivity contribution < 1.29 is 9.90 Å². The quantitative estimate of drug-likeness (QED) is 0.690. The van der Waals surface area contributed by atoms with Crippen LogP contribution in [-0.2, 0) is 12.8 Å². The number of aromatic hydroxyl groups is 1. The number of rotatable bonds is 3. The second-order valence-corrected chi connectivity index (χ2v) is 7.32. The molecule has 3 aromatic rings. The van der Waals surface area contributed by atoms with E-state index < -0.39 is 5.91 Å². The Hall–Kier alpha value is -2.66. The summed E-state index contributed by atoms with van der Waals surface area (Å²) >= 11 is 1.54. The highest BCUT2D eigenvalue weighted by Gasteiger charge is 2.23. The minimum atomic E-state index is -0.423. The molecule has 1 aliphatic carbocycles. The number of phenols is 1. The van der Waals surface area contributed by atoms with Crippen molar-refractivity contribution in [3.05, 3.63) is 58.0 Å². The van der Waals surface area contributed by atoms with Crippen molar-refractivity contribution >= 4 is 39.2 Å². The lowest BCUT2D eigenvalue weighted by Crippen LogP contribution is -2.14. The van der Waals surface area contributed by atoms with Crippen LogP contribution in [0.2, 0.25) is 0 Å². The van der Waals surface area contributed by atoms with Gasteiger partial charge >= 0.3 is 0 Å². The van der Waals surface area contributed by atoms with Gasteiger partial charge in [0.2, 0.25) is 0 Å². The zero-order chi connectivity index (χ0) is 17.4. The van der Waals surface area contributed by atoms with Crippen LogP contribution >= 0.6 is 11.3 Å². The van der Waals surface area contributed by atoms with Gasteiger partial charge in [0, 0.05) is 16.7 Å². The molecule has 1 aliphatic rings. The largest absolute Gasteiger partial charge is 0.507 e. The maximum absolute atomic E-state index is 12.0. The van der Waals surface area contributed by atoms with Crippen molar-refractivity contribution in [2.45, 2.75) is 25.7 Å². The molecule has 0 atom stereocenters. The number of benzene rings is 2. The van der Waals surface area contributed by atoms with Crippen LogP contribution in [0.3, 0.4) is 0 Å². The summed E-state index contributed by atoms with van der Waals surface area (Å²) in [5.74, 6) is -0.252. The van der Waals surface area contributed by atoms with Gasteiger partial charge in [0.25, 0.3) is 5.91 Å². The van der Waals surface area contributed by atoms with E-state index in [1.807, 2.05) is 30.3 Å². The molecule has 3 N–H and O–H groups in total. The molecule has 2 aromatic carbocycles. The smallest absolute Gasteiger partial charge is 0.252 e. The van der Waals surface area contributed by atoms with E-state index in [4.69, 9.17) is 5.73 Å². The van der Waals surface area contributed by atoms with E-state index in [9.17, 15) is 9.90 Å². The number of aryl methyl sites for hydroxylation is 1. The Morgan fingerprint density at radius 3 is 2.80 bits per heavy atom. The molecule has 0 spiro atoms. The molecular weight excluding hydrogens is 332 g/mol. The maximum atomic E-state index is 12.0. The molecule has 1 aromatic heterocycles. The Morgan fingerprint density at radius 1 is 1.16 bits per heavy atom. The molecule has 0 saturated carbocycles. The summed E-state index contributed by atoms with van der Waals surface area (Å²) in [6, 6.07) is 11.4. The molecule has 4 rings (SSSR count). The summed E-state index contributed by atoms with van der Waals surface area (Å²) in [5.41, 5.74) is 7.89. The zero-order valence-electron chi connectivity index (χ0n) is 13.7. The fourth-order valence-corrected chi connectivity index (χ4v) is 4.68. The zero-order valence-corrected chi connectivity index (χ0v) is 14.5. The molecule has 0 saturated heterocycles. The van der Waals surface area contributed by atoms with Crippen LogP contribution in [0, 0.1) is 0 Å². The molecule has 0 bridgehead atoms. The molecule has 0 fully saturated rings. The third kappa shape index (κ3) is 2.81. The van der Waals surface area contributed by atoms with Gasteiger partial charge in [-0.1, -0.05) is 30.3 Å². The lowest BCUT2D eigenvalue weighted by Gasteiger charge is -2.10. The highest BCUT2D eigenvalue weighted by atomic mass is 32.1. The van der Waals surface area contributed by atoms with Crippen molar-refractivity contribution in [1.29, 1.82) is 0 Å². The summed E-state index contributed by atoms with van der Waals surface area (Å²) in [7, 11) is 0. The molecule has 1 amide bonds. The van der Waals surface area contributed by atoms with Gasteiger partial charge in [0.15, 0.2) is 0 Å². The monoisotopic (exact) mass is 350 g/mol. The standard InChI is InChI=1S/C20H18N2O2S/c21-19(24)18-14-7-3-4-8-17(14)25-20(18)22-11-15-13-6-2-1-5-12(13)9-10-16(15)23/h1-2,5-6,9-11,23H,3-4,7-8H2,(H2,21,24)/b22-11+. The van der Waals surface area contributed by atoms with E-state index in [1.165, 1.54) is 4.88 Å². The number of hydrogen-bond donors (Lipinski definition) is 2. The van der Waals surface area contributed by atoms with Gasteiger partial charge < -0.3 is 10.8 Å². The number of amides is 1. The first-order chi connectivity index (χ1) is 12.1. The lowest BCUT2D eigenvalue weighted by atomic mass is 9.95. The normalized spacial score (nSPS) is 14.1. The summed E-state index contributed by atoms with van der Waals surface area (Å²) in [4.78, 5) is 17.7. The molecule has 126 valence electrons. The van der Waals surface area contributed by atoms with Gasteiger partial charge in [-0.2, -0.15) is 0 Å². The van der Waals surface area contributed by atoms with Crippen LogP contribution in [0.15, 0.2) is 41.4 Å². The Labute approximate surface area is 149 Å². The van der Waals surface area contributed by atoms with Crippen molar-refractivity contribution in [2.24, 2.45) is 10.7 Å². The van der Waals surface area contributed by atoms with Gasteiger partial charge in [-0.05, 0) is 48.1 Å². The van der Waals surface area contributed by atoms with Crippen molar-refractivity contribution in [2.75, 3.05) is 0 Å². The van der Waals surface area contributed by atoms with Crippen LogP contribution < -0.4 is 5.73 Å². The first kappa shape index (κ1) is 15.8. The lowest BCUT2D eigenvalue weighted by molar-refractivity contribution is 0.100. The average molecular weight is 350 g/mol. The number of phenolic OH excluding ortho intramolecular Hbond substituents is 1. The number of aliphatic imine (C=N–C) groups is 1. The first-order valence-corrected chi connectivity index (χ1v) is 9.16. The number of fused-ring (bicyclic) bond motifs is 2. The van der Waals surface area contributed by atoms with Crippen molar-refractivity contribution in [3.63, 3.8) is 0 Å². The predicted molar refractivity (Wildman–Crippen MR) is 102 cm³/mol. The van der Waals surface area contributed by atoms with E-state index >= 15 is 0 Å². The van der Waals surface area contributed by atoms with E-state index in [1.54, 1.807) is 23.6 Å². The Kier molecular flexibility index (Phi) is 4.01. The van der Waals surface area contributed by atoms with E-state index in [0.29, 0.717) is 16.1 Å². The number of carbonyl (C=O) groups is 1. The van der Waals surface area contributed by atoms with E-state index in [2.05, 4.69) is 4.99 Å². The third-order valence-electron chi connectivity index (χ3n) is 4.66. The number of hydrogen-bond acceptors (Lipinski definition) is 4. The van der Waals surface area contributed by atoms with Crippen molar-refractivity contribution in [3.8, 4) is 5.75 Å². The molecule has 0 unspecified atom stereocenters. The minimum Gasteiger partial charge on any atom is -0.507 e. The predicted octanol–water partition coefficient (Wildman–Crippen LogP) is 4.34. The minimum absolute atomic E-state index is 0.171. The number of primary amides is 1. The maximum Gasteiger partial charge on any atom is 0.252 e. The highest BCUT2D eigenvalue weighted by molar-refractivity contribution is 7.16. The van der Waals surface area contributed by atoms with Gasteiger partial charge in [-0.15, -0.1) is 11.3 Å². The molecule has 5 heteroatoms. The van der Waals surface area contributed by atoms with Crippen LogP contribution in [0.4, 0.5) is 5.00 Å². The highest BCUT2D eigenvalue weighted by Crippen LogP contribution is 2.39. The van der Waals surface area contributed by atoms with Crippen LogP contribution in [0.25, 0.3) is 10.8 Å². The molecule has 0 aliphatic heterocycles. The summed E-state index contributed by atoms with van der Waals surface area (Å²) < 4.78 is 0. The average Bonchev–Trinajstić information content (AvgIpc) is 2.99. The Bertz CT molecular complexity index is 1000. The fraction of sp³-hybridized carbons (Fsp3) is 0.200. The number of nitrogens with zero attached hydrogens (tertiary/aromatic N) is 1. The molecular formula is C20H18N2O2S. The number of nitrogens with two attached hydrogens (primary N) is 1. The third-order valence-corrected chi connectivity index (χ3v) is 5.86. The van der Waals surface area contributed by atoms with Crippen LogP contribution in [-0.4, -0.2) is 17.2 Å². The molecule has 1 heterocycles. The summed E-state index contributed by atoms with van der Waals surface area (Å²) in [6.07, 6.45) is 5.73. The van der Waals surface area contributed by atoms with Crippen molar-refractivity contribution in [1.82, 2.24) is 0 Å². The van der Waals surface area contributed by atoms with Crippen LogP contribution in [0.5, 0.6) is 5.75 Å². The second kappa shape index (κ2) is 6.33. The Morgan fingerprint density at radius 2 is 1.96 bits per heavy atom. The molecule has 4 nitrogen and oxygen atoms in total. The molecule has 0 radical (unpaired) electrons. The van der Waals surface area contributed by atoms with Gasteiger partial charge in [0.05, 0.1) is 5.56 Å². The first-order valence-electron chi connectivity index (χ1n) is 8.34. The summed E-state index contributed by atoms with van der Waals surface area (Å²) in [6.45, 7) is 0. The molecule has 25 heavy (non-hydrogen) atoms. The van der Waals surface area contributed by atoms with Gasteiger partial charge in [-0.25, -0.2) is 4.99 Å².